The summed E-state index contributed by atoms with van der Waals surface area (Å²) in [6.45, 7) is -0.107. The average molecular weight is 290 g/mol. The third-order valence-corrected chi connectivity index (χ3v) is 3.51. The van der Waals surface area contributed by atoms with Crippen LogP contribution in [0.1, 0.15) is 5.56 Å². The first-order valence-electron chi connectivity index (χ1n) is 5.39. The van der Waals surface area contributed by atoms with E-state index < -0.39 is 12.2 Å². The molecule has 4 nitrogen and oxygen atoms in total. The van der Waals surface area contributed by atoms with Crippen LogP contribution in [0.25, 0.3) is 0 Å². The monoisotopic (exact) mass is 289 g/mol. The van der Waals surface area contributed by atoms with E-state index in [4.69, 9.17) is 34.3 Å². The number of aromatic nitrogens is 1. The Labute approximate surface area is 115 Å². The molecule has 1 aliphatic rings. The molecular formula is C11H13ClFN3OS. The molecule has 1 aliphatic heterocycles. The Morgan fingerprint density at radius 3 is 3.22 bits per heavy atom. The number of nitrogens with zero attached hydrogens (tertiary/aromatic N) is 1. The standard InChI is InChI=1S/C11H13ClFN3OS/c12-10-9(1-7(14)2-15-10)11(5-13)6-17-3-8(4-18)16-11/h1-2,4,8,16H,3,5-6,14H2. The maximum absolute atomic E-state index is 13.5. The number of hydrogen-bond acceptors (Lipinski definition) is 5. The van der Waals surface area contributed by atoms with Crippen LogP contribution in [0.5, 0.6) is 0 Å². The molecule has 1 aromatic rings. The summed E-state index contributed by atoms with van der Waals surface area (Å²) < 4.78 is 18.9. The van der Waals surface area contributed by atoms with Crippen LogP contribution in [-0.2, 0) is 10.3 Å². The lowest BCUT2D eigenvalue weighted by molar-refractivity contribution is 0.00191. The number of anilines is 1. The highest BCUT2D eigenvalue weighted by atomic mass is 35.5. The van der Waals surface area contributed by atoms with E-state index in [1.807, 2.05) is 0 Å². The number of ether oxygens (including phenoxy) is 1. The van der Waals surface area contributed by atoms with Crippen LogP contribution >= 0.6 is 23.8 Å². The molecule has 2 unspecified atom stereocenters. The summed E-state index contributed by atoms with van der Waals surface area (Å²) in [5.41, 5.74) is 5.55. The molecule has 0 radical (unpaired) electrons. The number of hydrogen-bond donors (Lipinski definition) is 2. The average Bonchev–Trinajstić information content (AvgIpc) is 2.41. The molecule has 2 rings (SSSR count). The van der Waals surface area contributed by atoms with E-state index in [1.165, 1.54) is 11.6 Å². The maximum atomic E-state index is 13.5. The third kappa shape index (κ3) is 2.47. The van der Waals surface area contributed by atoms with E-state index in [0.717, 1.165) is 0 Å². The van der Waals surface area contributed by atoms with E-state index in [9.17, 15) is 4.39 Å². The minimum Gasteiger partial charge on any atom is -0.397 e. The van der Waals surface area contributed by atoms with Crippen LogP contribution in [0, 0.1) is 0 Å². The second-order valence-electron chi connectivity index (χ2n) is 4.22. The molecule has 0 aromatic carbocycles. The van der Waals surface area contributed by atoms with E-state index in [-0.39, 0.29) is 17.8 Å². The SMILES string of the molecule is Nc1cnc(Cl)c(C2(CF)COCC(C=S)N2)c1. The van der Waals surface area contributed by atoms with E-state index in [0.29, 0.717) is 17.9 Å². The van der Waals surface area contributed by atoms with Gasteiger partial charge < -0.3 is 10.5 Å². The Bertz CT molecular complexity index is 462. The van der Waals surface area contributed by atoms with Gasteiger partial charge in [-0.25, -0.2) is 9.37 Å². The molecule has 2 heterocycles. The fourth-order valence-electron chi connectivity index (χ4n) is 1.98. The van der Waals surface area contributed by atoms with Crippen LogP contribution in [-0.4, -0.2) is 36.3 Å². The summed E-state index contributed by atoms with van der Waals surface area (Å²) in [6.07, 6.45) is 1.43. The van der Waals surface area contributed by atoms with Gasteiger partial charge in [0.1, 0.15) is 11.8 Å². The third-order valence-electron chi connectivity index (χ3n) is 2.88. The van der Waals surface area contributed by atoms with Gasteiger partial charge in [-0.15, -0.1) is 0 Å². The van der Waals surface area contributed by atoms with Gasteiger partial charge in [-0.3, -0.25) is 5.32 Å². The van der Waals surface area contributed by atoms with Gasteiger partial charge in [0.05, 0.1) is 36.7 Å². The number of pyridine rings is 1. The first-order chi connectivity index (χ1) is 8.61. The van der Waals surface area contributed by atoms with Gasteiger partial charge in [-0.2, -0.15) is 0 Å². The zero-order chi connectivity index (χ0) is 13.2. The minimum atomic E-state index is -1.04. The van der Waals surface area contributed by atoms with Gasteiger partial charge in [0, 0.05) is 5.56 Å². The molecule has 2 atom stereocenters. The lowest BCUT2D eigenvalue weighted by Gasteiger charge is -2.39. The Balaban J connectivity index is 2.42. The quantitative estimate of drug-likeness (QED) is 0.652. The van der Waals surface area contributed by atoms with Crippen molar-refractivity contribution in [2.45, 2.75) is 11.6 Å². The number of thiocarbonyl (C=S) groups is 1. The fourth-order valence-corrected chi connectivity index (χ4v) is 2.41. The Morgan fingerprint density at radius 1 is 1.78 bits per heavy atom. The first kappa shape index (κ1) is 13.6. The summed E-state index contributed by atoms with van der Waals surface area (Å²) in [4.78, 5) is 3.94. The highest BCUT2D eigenvalue weighted by Gasteiger charge is 2.40. The van der Waals surface area contributed by atoms with Crippen molar-refractivity contribution in [3.8, 4) is 0 Å². The smallest absolute Gasteiger partial charge is 0.134 e. The lowest BCUT2D eigenvalue weighted by atomic mass is 9.91. The summed E-state index contributed by atoms with van der Waals surface area (Å²) >= 11 is 10.9. The van der Waals surface area contributed by atoms with Gasteiger partial charge in [0.25, 0.3) is 0 Å². The summed E-state index contributed by atoms with van der Waals surface area (Å²) in [6, 6.07) is 1.40. The van der Waals surface area contributed by atoms with Crippen molar-refractivity contribution in [3.63, 3.8) is 0 Å². The van der Waals surface area contributed by atoms with Crippen molar-refractivity contribution in [2.75, 3.05) is 25.6 Å². The Kier molecular flexibility index (Phi) is 4.11. The molecule has 1 aromatic heterocycles. The fraction of sp³-hybridized carbons (Fsp3) is 0.455. The maximum Gasteiger partial charge on any atom is 0.134 e. The normalized spacial score (nSPS) is 28.0. The molecule has 98 valence electrons. The largest absolute Gasteiger partial charge is 0.397 e. The van der Waals surface area contributed by atoms with Crippen LogP contribution in [0.4, 0.5) is 10.1 Å². The molecule has 0 aliphatic carbocycles. The molecule has 0 amide bonds. The predicted octanol–water partition coefficient (Wildman–Crippen LogP) is 1.47. The zero-order valence-electron chi connectivity index (χ0n) is 9.53. The van der Waals surface area contributed by atoms with Crippen molar-refractivity contribution in [1.82, 2.24) is 10.3 Å². The van der Waals surface area contributed by atoms with Crippen LogP contribution in [0.15, 0.2) is 12.3 Å². The molecule has 0 saturated carbocycles. The Hall–Kier alpha value is -0.820. The molecular weight excluding hydrogens is 277 g/mol. The number of morpholine rings is 1. The number of alkyl halides is 1. The van der Waals surface area contributed by atoms with Crippen molar-refractivity contribution >= 4 is 34.9 Å². The summed E-state index contributed by atoms with van der Waals surface area (Å²) in [5, 5.41) is 4.83. The number of halogens is 2. The second-order valence-corrected chi connectivity index (χ2v) is 4.85. The van der Waals surface area contributed by atoms with Crippen LogP contribution < -0.4 is 11.1 Å². The number of rotatable bonds is 3. The Morgan fingerprint density at radius 2 is 2.56 bits per heavy atom. The highest BCUT2D eigenvalue weighted by molar-refractivity contribution is 7.79. The van der Waals surface area contributed by atoms with Gasteiger partial charge in [0.15, 0.2) is 0 Å². The van der Waals surface area contributed by atoms with Crippen molar-refractivity contribution < 1.29 is 9.13 Å². The molecule has 18 heavy (non-hydrogen) atoms. The first-order valence-corrected chi connectivity index (χ1v) is 6.24. The van der Waals surface area contributed by atoms with Crippen molar-refractivity contribution in [1.29, 1.82) is 0 Å². The van der Waals surface area contributed by atoms with Gasteiger partial charge in [-0.1, -0.05) is 23.8 Å². The molecule has 1 saturated heterocycles. The predicted molar refractivity (Wildman–Crippen MR) is 72.7 cm³/mol. The number of nitrogens with one attached hydrogen (secondary N) is 1. The summed E-state index contributed by atoms with van der Waals surface area (Å²) in [5.74, 6) is 0. The topological polar surface area (TPSA) is 60.2 Å². The molecule has 1 fully saturated rings. The molecule has 7 heteroatoms. The van der Waals surface area contributed by atoms with E-state index in [2.05, 4.69) is 10.3 Å². The highest BCUT2D eigenvalue weighted by Crippen LogP contribution is 2.31. The lowest BCUT2D eigenvalue weighted by Crippen LogP contribution is -2.58. The van der Waals surface area contributed by atoms with Gasteiger partial charge >= 0.3 is 0 Å². The van der Waals surface area contributed by atoms with Gasteiger partial charge in [0.2, 0.25) is 0 Å². The van der Waals surface area contributed by atoms with Crippen molar-refractivity contribution in [3.05, 3.63) is 23.0 Å². The minimum absolute atomic E-state index is 0.161. The second kappa shape index (κ2) is 5.44. The van der Waals surface area contributed by atoms with Gasteiger partial charge in [-0.05, 0) is 11.4 Å². The van der Waals surface area contributed by atoms with E-state index in [1.54, 1.807) is 6.07 Å². The molecule has 3 N–H and O–H groups in total. The van der Waals surface area contributed by atoms with Crippen LogP contribution in [0.3, 0.4) is 0 Å². The van der Waals surface area contributed by atoms with Crippen molar-refractivity contribution in [2.24, 2.45) is 0 Å². The molecule has 0 bridgehead atoms. The number of nitrogens with two attached hydrogens (primary N) is 1. The van der Waals surface area contributed by atoms with E-state index >= 15 is 0 Å². The zero-order valence-corrected chi connectivity index (χ0v) is 11.1. The molecule has 0 spiro atoms. The van der Waals surface area contributed by atoms with Crippen LogP contribution in [0.2, 0.25) is 5.15 Å². The number of nitrogen functional groups attached to an aromatic ring is 1. The summed E-state index contributed by atoms with van der Waals surface area (Å²) in [7, 11) is 0.